The molecular formula is C31H30N4O5. The number of aromatic hydroxyl groups is 1. The highest BCUT2D eigenvalue weighted by Gasteiger charge is 2.21. The minimum Gasteiger partial charge on any atom is -0.507 e. The average molecular weight is 539 g/mol. The molecular weight excluding hydrogens is 508 g/mol. The molecule has 2 heterocycles. The number of hydrazone groups is 1. The van der Waals surface area contributed by atoms with Crippen LogP contribution in [0.25, 0.3) is 22.0 Å². The molecule has 0 aliphatic heterocycles. The number of methoxy groups -OCH3 is 2. The second kappa shape index (κ2) is 10.8. The lowest BCUT2D eigenvalue weighted by Gasteiger charge is -2.11. The molecule has 0 fully saturated rings. The summed E-state index contributed by atoms with van der Waals surface area (Å²) in [5, 5.41) is 15.7. The van der Waals surface area contributed by atoms with Crippen molar-refractivity contribution in [3.63, 3.8) is 0 Å². The van der Waals surface area contributed by atoms with Gasteiger partial charge in [0.1, 0.15) is 29.5 Å². The molecule has 1 aliphatic rings. The third-order valence-electron chi connectivity index (χ3n) is 7.36. The Labute approximate surface area is 231 Å². The average Bonchev–Trinajstić information content (AvgIpc) is 3.52. The number of benzene rings is 3. The highest BCUT2D eigenvalue weighted by Crippen LogP contribution is 2.36. The van der Waals surface area contributed by atoms with Crippen molar-refractivity contribution in [3.8, 4) is 17.2 Å². The zero-order chi connectivity index (χ0) is 27.6. The molecule has 5 aromatic rings. The summed E-state index contributed by atoms with van der Waals surface area (Å²) < 4.78 is 18.7. The molecule has 0 radical (unpaired) electrons. The number of para-hydroxylation sites is 2. The van der Waals surface area contributed by atoms with Gasteiger partial charge >= 0.3 is 0 Å². The van der Waals surface area contributed by atoms with Gasteiger partial charge in [-0.2, -0.15) is 5.10 Å². The van der Waals surface area contributed by atoms with Gasteiger partial charge in [-0.3, -0.25) is 4.79 Å². The third-order valence-corrected chi connectivity index (χ3v) is 7.36. The van der Waals surface area contributed by atoms with Crippen LogP contribution in [0.3, 0.4) is 0 Å². The molecule has 2 aromatic heterocycles. The van der Waals surface area contributed by atoms with E-state index in [0.717, 1.165) is 70.4 Å². The lowest BCUT2D eigenvalue weighted by Crippen LogP contribution is -2.24. The number of rotatable bonds is 8. The monoisotopic (exact) mass is 538 g/mol. The highest BCUT2D eigenvalue weighted by atomic mass is 16.5. The van der Waals surface area contributed by atoms with Gasteiger partial charge in [0.2, 0.25) is 0 Å². The number of phenols is 1. The summed E-state index contributed by atoms with van der Waals surface area (Å²) in [5.41, 5.74) is 7.64. The van der Waals surface area contributed by atoms with Crippen molar-refractivity contribution in [2.24, 2.45) is 5.10 Å². The second-order valence-electron chi connectivity index (χ2n) is 9.84. The standard InChI is InChI=1S/C31H30N4O5/c1-38-26-13-11-19(15-28(26)39-2)16-29-33-22-8-4-5-9-23(22)35(29)18-30(37)34-32-17-21-24(36)12-14-27-31(21)20-7-3-6-10-25(20)40-27/h4-5,8-9,11-15,17,36H,3,6-7,10,16,18H2,1-2H3,(H,34,37)/b32-17+. The van der Waals surface area contributed by atoms with Gasteiger partial charge in [-0.05, 0) is 61.2 Å². The van der Waals surface area contributed by atoms with E-state index in [4.69, 9.17) is 18.9 Å². The van der Waals surface area contributed by atoms with Crippen LogP contribution in [-0.2, 0) is 30.6 Å². The molecule has 1 aliphatic carbocycles. The molecule has 9 nitrogen and oxygen atoms in total. The Morgan fingerprint density at radius 1 is 1.10 bits per heavy atom. The maximum Gasteiger partial charge on any atom is 0.260 e. The Morgan fingerprint density at radius 2 is 1.93 bits per heavy atom. The quantitative estimate of drug-likeness (QED) is 0.209. The lowest BCUT2D eigenvalue weighted by atomic mass is 9.94. The van der Waals surface area contributed by atoms with Crippen molar-refractivity contribution in [2.75, 3.05) is 14.2 Å². The largest absolute Gasteiger partial charge is 0.507 e. The summed E-state index contributed by atoms with van der Waals surface area (Å²) in [6.45, 7) is 0.0256. The first-order valence-corrected chi connectivity index (χ1v) is 13.3. The Morgan fingerprint density at radius 3 is 2.77 bits per heavy atom. The summed E-state index contributed by atoms with van der Waals surface area (Å²) in [5.74, 6) is 2.77. The van der Waals surface area contributed by atoms with Crippen LogP contribution in [0.4, 0.5) is 0 Å². The molecule has 204 valence electrons. The number of aryl methyl sites for hydroxylation is 2. The second-order valence-corrected chi connectivity index (χ2v) is 9.84. The first-order chi connectivity index (χ1) is 19.6. The zero-order valence-electron chi connectivity index (χ0n) is 22.4. The predicted octanol–water partition coefficient (Wildman–Crippen LogP) is 5.13. The van der Waals surface area contributed by atoms with Crippen molar-refractivity contribution in [1.82, 2.24) is 15.0 Å². The fourth-order valence-electron chi connectivity index (χ4n) is 5.46. The Bertz CT molecular complexity index is 1750. The van der Waals surface area contributed by atoms with Gasteiger partial charge in [-0.15, -0.1) is 0 Å². The number of imidazole rings is 1. The zero-order valence-corrected chi connectivity index (χ0v) is 22.4. The summed E-state index contributed by atoms with van der Waals surface area (Å²) in [6, 6.07) is 16.8. The summed E-state index contributed by atoms with van der Waals surface area (Å²) in [4.78, 5) is 17.9. The number of hydrogen-bond acceptors (Lipinski definition) is 7. The first kappa shape index (κ1) is 25.5. The van der Waals surface area contributed by atoms with Crippen LogP contribution in [0.2, 0.25) is 0 Å². The smallest absolute Gasteiger partial charge is 0.260 e. The van der Waals surface area contributed by atoms with E-state index in [0.29, 0.717) is 23.5 Å². The number of aromatic nitrogens is 2. The number of carbonyl (C=O) groups is 1. The van der Waals surface area contributed by atoms with Gasteiger partial charge in [0.25, 0.3) is 5.91 Å². The molecule has 3 aromatic carbocycles. The van der Waals surface area contributed by atoms with Gasteiger partial charge in [-0.1, -0.05) is 18.2 Å². The van der Waals surface area contributed by atoms with E-state index in [2.05, 4.69) is 10.5 Å². The maximum absolute atomic E-state index is 13.1. The van der Waals surface area contributed by atoms with Crippen molar-refractivity contribution in [3.05, 3.63) is 82.9 Å². The molecule has 0 saturated heterocycles. The van der Waals surface area contributed by atoms with Gasteiger partial charge < -0.3 is 23.6 Å². The van der Waals surface area contributed by atoms with Crippen LogP contribution in [0, 0.1) is 0 Å². The van der Waals surface area contributed by atoms with Crippen molar-refractivity contribution < 1.29 is 23.8 Å². The first-order valence-electron chi connectivity index (χ1n) is 13.3. The molecule has 40 heavy (non-hydrogen) atoms. The minimum atomic E-state index is -0.311. The minimum absolute atomic E-state index is 0.0256. The van der Waals surface area contributed by atoms with E-state index in [-0.39, 0.29) is 18.2 Å². The molecule has 0 saturated carbocycles. The SMILES string of the molecule is COc1ccc(Cc2nc3ccccc3n2CC(=O)N/N=C/c2c(O)ccc3oc4c(c23)CCCC4)cc1OC. The molecule has 0 unspecified atom stereocenters. The van der Waals surface area contributed by atoms with Crippen LogP contribution >= 0.6 is 0 Å². The van der Waals surface area contributed by atoms with Gasteiger partial charge in [0.05, 0.1) is 31.5 Å². The number of nitrogens with zero attached hydrogens (tertiary/aromatic N) is 3. The molecule has 9 heteroatoms. The number of amides is 1. The van der Waals surface area contributed by atoms with E-state index in [1.807, 2.05) is 47.0 Å². The lowest BCUT2D eigenvalue weighted by molar-refractivity contribution is -0.121. The number of hydrogen-bond donors (Lipinski definition) is 2. The van der Waals surface area contributed by atoms with E-state index in [1.165, 1.54) is 6.21 Å². The number of phenolic OH excluding ortho intramolecular Hbond substituents is 1. The normalized spacial score (nSPS) is 13.2. The fraction of sp³-hybridized carbons (Fsp3) is 0.258. The predicted molar refractivity (Wildman–Crippen MR) is 152 cm³/mol. The molecule has 0 bridgehead atoms. The van der Waals surface area contributed by atoms with Crippen LogP contribution < -0.4 is 14.9 Å². The summed E-state index contributed by atoms with van der Waals surface area (Å²) in [7, 11) is 3.20. The summed E-state index contributed by atoms with van der Waals surface area (Å²) in [6.07, 6.45) is 5.95. The van der Waals surface area contributed by atoms with Gasteiger partial charge in [0, 0.05) is 29.4 Å². The Kier molecular flexibility index (Phi) is 6.86. The Hall–Kier alpha value is -4.79. The number of ether oxygens (including phenoxy) is 2. The van der Waals surface area contributed by atoms with Crippen molar-refractivity contribution in [2.45, 2.75) is 38.6 Å². The summed E-state index contributed by atoms with van der Waals surface area (Å²) >= 11 is 0. The molecule has 0 spiro atoms. The number of carbonyl (C=O) groups excluding carboxylic acids is 1. The van der Waals surface area contributed by atoms with Crippen LogP contribution in [0.1, 0.15) is 41.1 Å². The molecule has 2 N–H and O–H groups in total. The van der Waals surface area contributed by atoms with E-state index >= 15 is 0 Å². The number of fused-ring (bicyclic) bond motifs is 4. The molecule has 0 atom stereocenters. The fourth-order valence-corrected chi connectivity index (χ4v) is 5.46. The van der Waals surface area contributed by atoms with E-state index < -0.39 is 0 Å². The Balaban J connectivity index is 1.25. The van der Waals surface area contributed by atoms with Gasteiger partial charge in [0.15, 0.2) is 11.5 Å². The molecule has 1 amide bonds. The topological polar surface area (TPSA) is 111 Å². The van der Waals surface area contributed by atoms with Gasteiger partial charge in [-0.25, -0.2) is 10.4 Å². The van der Waals surface area contributed by atoms with Crippen LogP contribution in [0.5, 0.6) is 17.2 Å². The molecule has 6 rings (SSSR count). The maximum atomic E-state index is 13.1. The van der Waals surface area contributed by atoms with Crippen molar-refractivity contribution in [1.29, 1.82) is 0 Å². The third kappa shape index (κ3) is 4.75. The number of nitrogens with one attached hydrogen (secondary N) is 1. The highest BCUT2D eigenvalue weighted by molar-refractivity contribution is 6.03. The van der Waals surface area contributed by atoms with Crippen LogP contribution in [-0.4, -0.2) is 41.0 Å². The van der Waals surface area contributed by atoms with Crippen LogP contribution in [0.15, 0.2) is 64.1 Å². The van der Waals surface area contributed by atoms with E-state index in [1.54, 1.807) is 26.4 Å². The number of furan rings is 1. The van der Waals surface area contributed by atoms with E-state index in [9.17, 15) is 9.90 Å². The van der Waals surface area contributed by atoms with Crippen molar-refractivity contribution >= 4 is 34.1 Å².